The zero-order valence-electron chi connectivity index (χ0n) is 20.0. The van der Waals surface area contributed by atoms with Gasteiger partial charge in [0, 0.05) is 24.7 Å². The molecule has 2 fully saturated rings. The lowest BCUT2D eigenvalue weighted by molar-refractivity contribution is -0.130. The smallest absolute Gasteiger partial charge is 0.252 e. The average molecular weight is 490 g/mol. The highest BCUT2D eigenvalue weighted by atomic mass is 32.1. The number of nitrogens with one attached hydrogen (secondary N) is 1. The largest absolute Gasteiger partial charge is 0.494 e. The van der Waals surface area contributed by atoms with E-state index < -0.39 is 6.04 Å². The Kier molecular flexibility index (Phi) is 9.23. The van der Waals surface area contributed by atoms with E-state index in [1.165, 1.54) is 0 Å². The van der Waals surface area contributed by atoms with Crippen molar-refractivity contribution < 1.29 is 19.1 Å². The van der Waals surface area contributed by atoms with Crippen molar-refractivity contribution in [2.45, 2.75) is 45.6 Å². The fraction of sp³-hybridized carbons (Fsp3) is 0.583. The molecule has 3 rings (SSSR count). The summed E-state index contributed by atoms with van der Waals surface area (Å²) in [6.07, 6.45) is 2.41. The number of nitrogens with zero attached hydrogens (tertiary/aromatic N) is 3. The second kappa shape index (κ2) is 12.1. The molecule has 0 spiro atoms. The van der Waals surface area contributed by atoms with Crippen molar-refractivity contribution >= 4 is 40.7 Å². The first-order valence-electron chi connectivity index (χ1n) is 12.0. The molecule has 1 atom stereocenters. The maximum Gasteiger partial charge on any atom is 0.252 e. The number of likely N-dealkylation sites (N-methyl/N-ethyl adjacent to an activating group) is 1. The van der Waals surface area contributed by atoms with Gasteiger partial charge in [0.1, 0.15) is 11.8 Å². The molecule has 2 aliphatic heterocycles. The number of carbonyl (C=O) groups excluding carboxylic acids is 3. The number of amides is 3. The van der Waals surface area contributed by atoms with E-state index in [4.69, 9.17) is 22.7 Å². The fourth-order valence-corrected chi connectivity index (χ4v) is 4.97. The molecule has 3 amide bonds. The molecule has 2 aliphatic rings. The zero-order chi connectivity index (χ0) is 24.7. The standard InChI is InChI=1S/C24H35N5O4S/c1-3-28-23(32)20(16-21(30)26-18-6-8-19(9-7-18)33-4-2)29(24(28)34)13-5-12-27-14-10-17(11-15-27)22(25)31/h6-9,17,20H,3-5,10-16H2,1-2H3,(H2,25,31)(H,26,30)/t20-/m0/s1. The molecule has 9 nitrogen and oxygen atoms in total. The minimum atomic E-state index is -0.601. The zero-order valence-corrected chi connectivity index (χ0v) is 20.8. The van der Waals surface area contributed by atoms with E-state index in [-0.39, 0.29) is 30.1 Å². The summed E-state index contributed by atoms with van der Waals surface area (Å²) in [5.74, 6) is 0.127. The van der Waals surface area contributed by atoms with Crippen LogP contribution in [0.5, 0.6) is 5.75 Å². The van der Waals surface area contributed by atoms with Crippen LogP contribution in [-0.4, -0.2) is 82.9 Å². The Labute approximate surface area is 206 Å². The van der Waals surface area contributed by atoms with Crippen molar-refractivity contribution in [1.82, 2.24) is 14.7 Å². The van der Waals surface area contributed by atoms with Crippen molar-refractivity contribution in [3.63, 3.8) is 0 Å². The first-order valence-corrected chi connectivity index (χ1v) is 12.4. The third-order valence-electron chi connectivity index (χ3n) is 6.41. The highest BCUT2D eigenvalue weighted by molar-refractivity contribution is 7.80. The summed E-state index contributed by atoms with van der Waals surface area (Å²) in [6, 6.07) is 6.55. The topological polar surface area (TPSA) is 108 Å². The van der Waals surface area contributed by atoms with Crippen molar-refractivity contribution in [2.75, 3.05) is 44.6 Å². The van der Waals surface area contributed by atoms with E-state index in [1.807, 2.05) is 18.7 Å². The summed E-state index contributed by atoms with van der Waals surface area (Å²) < 4.78 is 5.43. The lowest BCUT2D eigenvalue weighted by atomic mass is 9.96. The van der Waals surface area contributed by atoms with Crippen LogP contribution in [0.2, 0.25) is 0 Å². The van der Waals surface area contributed by atoms with Gasteiger partial charge in [-0.3, -0.25) is 19.3 Å². The van der Waals surface area contributed by atoms with Crippen molar-refractivity contribution in [1.29, 1.82) is 0 Å². The van der Waals surface area contributed by atoms with Gasteiger partial charge in [-0.1, -0.05) is 0 Å². The number of carbonyl (C=O) groups is 3. The Morgan fingerprint density at radius 1 is 1.15 bits per heavy atom. The number of rotatable bonds is 11. The molecule has 0 bridgehead atoms. The number of ether oxygens (including phenoxy) is 1. The normalized spacial score (nSPS) is 19.5. The van der Waals surface area contributed by atoms with E-state index in [1.54, 1.807) is 29.2 Å². The first-order chi connectivity index (χ1) is 16.3. The molecule has 10 heteroatoms. The van der Waals surface area contributed by atoms with E-state index in [9.17, 15) is 14.4 Å². The van der Waals surface area contributed by atoms with Crippen LogP contribution in [0.4, 0.5) is 5.69 Å². The van der Waals surface area contributed by atoms with Gasteiger partial charge in [-0.25, -0.2) is 0 Å². The summed E-state index contributed by atoms with van der Waals surface area (Å²) in [5, 5.41) is 3.35. The molecule has 0 radical (unpaired) electrons. The predicted octanol–water partition coefficient (Wildman–Crippen LogP) is 1.82. The van der Waals surface area contributed by atoms with Crippen molar-refractivity contribution in [3.05, 3.63) is 24.3 Å². The van der Waals surface area contributed by atoms with Crippen LogP contribution < -0.4 is 15.8 Å². The van der Waals surface area contributed by atoms with Crippen LogP contribution in [0.3, 0.4) is 0 Å². The molecule has 3 N–H and O–H groups in total. The third-order valence-corrected chi connectivity index (χ3v) is 6.87. The molecule has 1 aromatic rings. The maximum atomic E-state index is 13.0. The SMILES string of the molecule is CCOc1ccc(NC(=O)C[C@H]2C(=O)N(CC)C(=S)N2CCCN2CCC(C(N)=O)CC2)cc1. The Morgan fingerprint density at radius 3 is 2.41 bits per heavy atom. The van der Waals surface area contributed by atoms with Gasteiger partial charge < -0.3 is 25.6 Å². The Hall–Kier alpha value is -2.72. The minimum absolute atomic E-state index is 0.0311. The number of hydrogen-bond donors (Lipinski definition) is 2. The Bertz CT molecular complexity index is 886. The summed E-state index contributed by atoms with van der Waals surface area (Å²) in [5.41, 5.74) is 6.07. The quantitative estimate of drug-likeness (QED) is 0.457. The third kappa shape index (κ3) is 6.44. The summed E-state index contributed by atoms with van der Waals surface area (Å²) >= 11 is 5.57. The molecule has 0 aliphatic carbocycles. The maximum absolute atomic E-state index is 13.0. The van der Waals surface area contributed by atoms with Gasteiger partial charge >= 0.3 is 0 Å². The Balaban J connectivity index is 1.54. The monoisotopic (exact) mass is 489 g/mol. The van der Waals surface area contributed by atoms with Gasteiger partial charge in [0.05, 0.1) is 13.0 Å². The van der Waals surface area contributed by atoms with Crippen LogP contribution in [-0.2, 0) is 14.4 Å². The van der Waals surface area contributed by atoms with E-state index >= 15 is 0 Å². The first kappa shape index (κ1) is 25.9. The second-order valence-electron chi connectivity index (χ2n) is 8.66. The van der Waals surface area contributed by atoms with Crippen molar-refractivity contribution in [3.8, 4) is 5.75 Å². The highest BCUT2D eigenvalue weighted by Crippen LogP contribution is 2.23. The van der Waals surface area contributed by atoms with Crippen molar-refractivity contribution in [2.24, 2.45) is 11.7 Å². The van der Waals surface area contributed by atoms with Gasteiger partial charge in [0.15, 0.2) is 5.11 Å². The lowest BCUT2D eigenvalue weighted by Gasteiger charge is -2.31. The predicted molar refractivity (Wildman–Crippen MR) is 134 cm³/mol. The number of benzene rings is 1. The molecule has 0 unspecified atom stereocenters. The van der Waals surface area contributed by atoms with Gasteiger partial charge in [0.2, 0.25) is 11.8 Å². The number of nitrogens with two attached hydrogens (primary N) is 1. The van der Waals surface area contributed by atoms with E-state index in [0.29, 0.717) is 30.5 Å². The van der Waals surface area contributed by atoms with Crippen LogP contribution in [0.15, 0.2) is 24.3 Å². The number of piperidine rings is 1. The minimum Gasteiger partial charge on any atom is -0.494 e. The molecular weight excluding hydrogens is 454 g/mol. The number of anilines is 1. The molecular formula is C24H35N5O4S. The van der Waals surface area contributed by atoms with Gasteiger partial charge in [-0.15, -0.1) is 0 Å². The summed E-state index contributed by atoms with van der Waals surface area (Å²) in [4.78, 5) is 42.9. The summed E-state index contributed by atoms with van der Waals surface area (Å²) in [7, 11) is 0. The number of primary amides is 1. The fourth-order valence-electron chi connectivity index (χ4n) is 4.53. The van der Waals surface area contributed by atoms with Crippen LogP contribution in [0.25, 0.3) is 0 Å². The van der Waals surface area contributed by atoms with E-state index in [2.05, 4.69) is 10.2 Å². The van der Waals surface area contributed by atoms with Gasteiger partial charge in [0.25, 0.3) is 5.91 Å². The van der Waals surface area contributed by atoms with Crippen LogP contribution >= 0.6 is 12.2 Å². The molecule has 34 heavy (non-hydrogen) atoms. The van der Waals surface area contributed by atoms with Crippen LogP contribution in [0, 0.1) is 5.92 Å². The average Bonchev–Trinajstić information content (AvgIpc) is 3.04. The molecule has 1 aromatic carbocycles. The van der Waals surface area contributed by atoms with E-state index in [0.717, 1.165) is 44.6 Å². The molecule has 2 heterocycles. The molecule has 0 aromatic heterocycles. The summed E-state index contributed by atoms with van der Waals surface area (Å²) in [6.45, 7) is 7.96. The lowest BCUT2D eigenvalue weighted by Crippen LogP contribution is -2.41. The molecule has 0 saturated carbocycles. The molecule has 186 valence electrons. The number of hydrogen-bond acceptors (Lipinski definition) is 6. The highest BCUT2D eigenvalue weighted by Gasteiger charge is 2.42. The van der Waals surface area contributed by atoms with Gasteiger partial charge in [-0.2, -0.15) is 0 Å². The van der Waals surface area contributed by atoms with Gasteiger partial charge in [-0.05, 0) is 89.2 Å². The number of thiocarbonyl (C=S) groups is 1. The molecule has 2 saturated heterocycles. The Morgan fingerprint density at radius 2 is 1.82 bits per heavy atom. The number of likely N-dealkylation sites (tertiary alicyclic amines) is 1. The second-order valence-corrected chi connectivity index (χ2v) is 9.02. The van der Waals surface area contributed by atoms with Crippen LogP contribution in [0.1, 0.15) is 39.5 Å².